The normalized spacial score (nSPS) is 15.7. The van der Waals surface area contributed by atoms with Gasteiger partial charge in [0.2, 0.25) is 0 Å². The third-order valence-corrected chi connectivity index (χ3v) is 3.85. The smallest absolute Gasteiger partial charge is 0.318 e. The van der Waals surface area contributed by atoms with Crippen molar-refractivity contribution in [3.63, 3.8) is 0 Å². The van der Waals surface area contributed by atoms with E-state index in [4.69, 9.17) is 19.9 Å². The van der Waals surface area contributed by atoms with Crippen molar-refractivity contribution in [3.8, 4) is 11.8 Å². The Hall–Kier alpha value is -2.12. The highest BCUT2D eigenvalue weighted by molar-refractivity contribution is 5.89. The molecule has 0 amide bonds. The highest BCUT2D eigenvalue weighted by atomic mass is 16.5. The zero-order chi connectivity index (χ0) is 16.1. The molecule has 1 aliphatic rings. The number of nitrogens with two attached hydrogens (primary N) is 1. The van der Waals surface area contributed by atoms with Gasteiger partial charge in [-0.05, 0) is 24.6 Å². The summed E-state index contributed by atoms with van der Waals surface area (Å²) in [6.45, 7) is 5.36. The van der Waals surface area contributed by atoms with Crippen LogP contribution in [0.15, 0.2) is 18.2 Å². The standard InChI is InChI=1S/C16H22N4O3/c1-21-16-18-14-4-3-12(11-13(14)15(17)19-16)23-8-2-5-20-6-9-22-10-7-20/h3-4,11H,2,5-10H2,1H3,(H2,17,18,19). The predicted molar refractivity (Wildman–Crippen MR) is 87.9 cm³/mol. The number of hydrogen-bond donors (Lipinski definition) is 1. The van der Waals surface area contributed by atoms with E-state index in [1.807, 2.05) is 18.2 Å². The third kappa shape index (κ3) is 4.00. The first-order valence-corrected chi connectivity index (χ1v) is 7.80. The number of hydrogen-bond acceptors (Lipinski definition) is 7. The fourth-order valence-electron chi connectivity index (χ4n) is 2.59. The Morgan fingerprint density at radius 1 is 1.26 bits per heavy atom. The molecule has 1 aromatic carbocycles. The summed E-state index contributed by atoms with van der Waals surface area (Å²) in [6, 6.07) is 5.91. The van der Waals surface area contributed by atoms with E-state index in [0.29, 0.717) is 12.4 Å². The van der Waals surface area contributed by atoms with Gasteiger partial charge in [-0.1, -0.05) is 0 Å². The Labute approximate surface area is 135 Å². The molecule has 0 atom stereocenters. The lowest BCUT2D eigenvalue weighted by Crippen LogP contribution is -2.37. The summed E-state index contributed by atoms with van der Waals surface area (Å²) in [5.41, 5.74) is 6.69. The minimum Gasteiger partial charge on any atom is -0.494 e. The quantitative estimate of drug-likeness (QED) is 0.804. The first-order valence-electron chi connectivity index (χ1n) is 7.80. The summed E-state index contributed by atoms with van der Waals surface area (Å²) in [5, 5.41) is 0.775. The lowest BCUT2D eigenvalue weighted by molar-refractivity contribution is 0.0358. The van der Waals surface area contributed by atoms with Gasteiger partial charge in [0.15, 0.2) is 0 Å². The molecular formula is C16H22N4O3. The largest absolute Gasteiger partial charge is 0.494 e. The van der Waals surface area contributed by atoms with Gasteiger partial charge in [-0.3, -0.25) is 4.90 Å². The van der Waals surface area contributed by atoms with Gasteiger partial charge in [-0.15, -0.1) is 0 Å². The Morgan fingerprint density at radius 3 is 2.87 bits per heavy atom. The number of morpholine rings is 1. The van der Waals surface area contributed by atoms with Crippen molar-refractivity contribution in [2.45, 2.75) is 6.42 Å². The van der Waals surface area contributed by atoms with E-state index in [1.54, 1.807) is 0 Å². The van der Waals surface area contributed by atoms with Crippen molar-refractivity contribution in [2.24, 2.45) is 0 Å². The Morgan fingerprint density at radius 2 is 2.09 bits per heavy atom. The number of nitrogen functional groups attached to an aromatic ring is 1. The van der Waals surface area contributed by atoms with Crippen molar-refractivity contribution >= 4 is 16.7 Å². The van der Waals surface area contributed by atoms with Crippen LogP contribution in [0.2, 0.25) is 0 Å². The molecule has 3 rings (SSSR count). The summed E-state index contributed by atoms with van der Waals surface area (Å²) < 4.78 is 16.2. The van der Waals surface area contributed by atoms with Crippen LogP contribution in [0.1, 0.15) is 6.42 Å². The van der Waals surface area contributed by atoms with Gasteiger partial charge in [-0.25, -0.2) is 0 Å². The van der Waals surface area contributed by atoms with Crippen molar-refractivity contribution in [1.29, 1.82) is 0 Å². The van der Waals surface area contributed by atoms with Crippen LogP contribution in [-0.2, 0) is 4.74 Å². The maximum absolute atomic E-state index is 5.95. The molecule has 0 spiro atoms. The molecule has 1 fully saturated rings. The molecule has 1 aliphatic heterocycles. The molecular weight excluding hydrogens is 296 g/mol. The highest BCUT2D eigenvalue weighted by Crippen LogP contribution is 2.25. The van der Waals surface area contributed by atoms with Gasteiger partial charge in [0.25, 0.3) is 0 Å². The summed E-state index contributed by atoms with van der Waals surface area (Å²) in [6.07, 6.45) is 0.979. The number of fused-ring (bicyclic) bond motifs is 1. The fraction of sp³-hybridized carbons (Fsp3) is 0.500. The predicted octanol–water partition coefficient (Wildman–Crippen LogP) is 1.32. The topological polar surface area (TPSA) is 82.7 Å². The van der Waals surface area contributed by atoms with Crippen LogP contribution < -0.4 is 15.2 Å². The summed E-state index contributed by atoms with van der Waals surface area (Å²) in [7, 11) is 1.52. The van der Waals surface area contributed by atoms with E-state index >= 15 is 0 Å². The number of methoxy groups -OCH3 is 1. The van der Waals surface area contributed by atoms with Gasteiger partial charge in [0.05, 0.1) is 32.4 Å². The molecule has 7 nitrogen and oxygen atoms in total. The Balaban J connectivity index is 1.56. The molecule has 0 aliphatic carbocycles. The van der Waals surface area contributed by atoms with Crippen molar-refractivity contribution < 1.29 is 14.2 Å². The molecule has 2 aromatic rings. The maximum Gasteiger partial charge on any atom is 0.318 e. The minimum absolute atomic E-state index is 0.272. The van der Waals surface area contributed by atoms with Crippen LogP contribution >= 0.6 is 0 Å². The van der Waals surface area contributed by atoms with Gasteiger partial charge in [-0.2, -0.15) is 9.97 Å². The van der Waals surface area contributed by atoms with E-state index in [9.17, 15) is 0 Å². The average molecular weight is 318 g/mol. The summed E-state index contributed by atoms with van der Waals surface area (Å²) in [5.74, 6) is 1.17. The summed E-state index contributed by atoms with van der Waals surface area (Å²) in [4.78, 5) is 10.7. The number of benzene rings is 1. The van der Waals surface area contributed by atoms with Crippen LogP contribution in [0.3, 0.4) is 0 Å². The molecule has 2 heterocycles. The van der Waals surface area contributed by atoms with Crippen LogP contribution in [-0.4, -0.2) is 61.4 Å². The molecule has 1 aromatic heterocycles. The van der Waals surface area contributed by atoms with Gasteiger partial charge in [0, 0.05) is 25.0 Å². The van der Waals surface area contributed by atoms with Crippen molar-refractivity contribution in [1.82, 2.24) is 14.9 Å². The van der Waals surface area contributed by atoms with Crippen molar-refractivity contribution in [2.75, 3.05) is 52.3 Å². The SMILES string of the molecule is COc1nc(N)c2cc(OCCCN3CCOCC3)ccc2n1. The van der Waals surface area contributed by atoms with E-state index in [2.05, 4.69) is 14.9 Å². The lowest BCUT2D eigenvalue weighted by atomic mass is 10.2. The molecule has 0 saturated carbocycles. The fourth-order valence-corrected chi connectivity index (χ4v) is 2.59. The molecule has 0 bridgehead atoms. The monoisotopic (exact) mass is 318 g/mol. The average Bonchev–Trinajstić information content (AvgIpc) is 2.60. The number of aromatic nitrogens is 2. The second kappa shape index (κ2) is 7.43. The van der Waals surface area contributed by atoms with Gasteiger partial charge >= 0.3 is 6.01 Å². The van der Waals surface area contributed by atoms with E-state index in [0.717, 1.165) is 55.9 Å². The Kier molecular flexibility index (Phi) is 5.09. The van der Waals surface area contributed by atoms with Crippen LogP contribution in [0, 0.1) is 0 Å². The number of nitrogens with zero attached hydrogens (tertiary/aromatic N) is 3. The number of rotatable bonds is 6. The van der Waals surface area contributed by atoms with E-state index < -0.39 is 0 Å². The molecule has 0 unspecified atom stereocenters. The zero-order valence-corrected chi connectivity index (χ0v) is 13.3. The molecule has 23 heavy (non-hydrogen) atoms. The lowest BCUT2D eigenvalue weighted by Gasteiger charge is -2.26. The molecule has 124 valence electrons. The molecule has 2 N–H and O–H groups in total. The zero-order valence-electron chi connectivity index (χ0n) is 13.3. The van der Waals surface area contributed by atoms with Gasteiger partial charge < -0.3 is 19.9 Å². The first kappa shape index (κ1) is 15.8. The first-order chi connectivity index (χ1) is 11.3. The van der Waals surface area contributed by atoms with Crippen LogP contribution in [0.5, 0.6) is 11.8 Å². The molecule has 0 radical (unpaired) electrons. The molecule has 7 heteroatoms. The van der Waals surface area contributed by atoms with Crippen LogP contribution in [0.4, 0.5) is 5.82 Å². The second-order valence-corrected chi connectivity index (χ2v) is 5.43. The Bertz CT molecular complexity index is 659. The minimum atomic E-state index is 0.272. The maximum atomic E-state index is 5.95. The summed E-state index contributed by atoms with van der Waals surface area (Å²) >= 11 is 0. The number of ether oxygens (including phenoxy) is 3. The van der Waals surface area contributed by atoms with Crippen molar-refractivity contribution in [3.05, 3.63) is 18.2 Å². The van der Waals surface area contributed by atoms with Gasteiger partial charge in [0.1, 0.15) is 11.6 Å². The van der Waals surface area contributed by atoms with E-state index in [-0.39, 0.29) is 6.01 Å². The second-order valence-electron chi connectivity index (χ2n) is 5.43. The van der Waals surface area contributed by atoms with Crippen LogP contribution in [0.25, 0.3) is 10.9 Å². The van der Waals surface area contributed by atoms with E-state index in [1.165, 1.54) is 7.11 Å². The third-order valence-electron chi connectivity index (χ3n) is 3.85. The highest BCUT2D eigenvalue weighted by Gasteiger charge is 2.10. The molecule has 1 saturated heterocycles. The number of anilines is 1.